The average Bonchev–Trinajstić information content (AvgIpc) is 2.65. The van der Waals surface area contributed by atoms with E-state index in [2.05, 4.69) is 4.42 Å². The number of rotatable bonds is 2. The van der Waals surface area contributed by atoms with Crippen molar-refractivity contribution in [2.75, 3.05) is 6.61 Å². The first-order chi connectivity index (χ1) is 8.02. The SMILES string of the molecule is Cc1cc([C@H]2C[C@H](O)[C@@H](CO)O2)c(=O)oc1O. The Morgan fingerprint density at radius 2 is 2.24 bits per heavy atom. The lowest BCUT2D eigenvalue weighted by Gasteiger charge is -2.11. The van der Waals surface area contributed by atoms with Crippen LogP contribution in [0.5, 0.6) is 5.95 Å². The van der Waals surface area contributed by atoms with Crippen LogP contribution < -0.4 is 5.63 Å². The van der Waals surface area contributed by atoms with Gasteiger partial charge in [-0.1, -0.05) is 0 Å². The molecule has 6 heteroatoms. The molecule has 0 spiro atoms. The molecule has 3 N–H and O–H groups in total. The summed E-state index contributed by atoms with van der Waals surface area (Å²) in [7, 11) is 0. The van der Waals surface area contributed by atoms with Gasteiger partial charge in [-0.05, 0) is 13.0 Å². The molecule has 0 bridgehead atoms. The van der Waals surface area contributed by atoms with Gasteiger partial charge in [-0.3, -0.25) is 0 Å². The number of aliphatic hydroxyl groups excluding tert-OH is 2. The zero-order valence-electron chi connectivity index (χ0n) is 9.29. The van der Waals surface area contributed by atoms with E-state index in [1.54, 1.807) is 6.92 Å². The Morgan fingerprint density at radius 1 is 1.53 bits per heavy atom. The van der Waals surface area contributed by atoms with Gasteiger partial charge in [-0.25, -0.2) is 4.79 Å². The van der Waals surface area contributed by atoms with Gasteiger partial charge in [0, 0.05) is 12.0 Å². The molecule has 17 heavy (non-hydrogen) atoms. The lowest BCUT2D eigenvalue weighted by molar-refractivity contribution is -0.0234. The van der Waals surface area contributed by atoms with Crippen LogP contribution in [0.1, 0.15) is 23.7 Å². The summed E-state index contributed by atoms with van der Waals surface area (Å²) in [5.74, 6) is -0.420. The van der Waals surface area contributed by atoms with Crippen molar-refractivity contribution in [3.05, 3.63) is 27.6 Å². The molecule has 0 aliphatic carbocycles. The number of hydrogen-bond acceptors (Lipinski definition) is 6. The largest absolute Gasteiger partial charge is 0.480 e. The summed E-state index contributed by atoms with van der Waals surface area (Å²) in [4.78, 5) is 11.5. The first kappa shape index (κ1) is 12.1. The van der Waals surface area contributed by atoms with Crippen molar-refractivity contribution < 1.29 is 24.5 Å². The third kappa shape index (κ3) is 2.19. The van der Waals surface area contributed by atoms with Crippen LogP contribution in [-0.4, -0.2) is 34.1 Å². The van der Waals surface area contributed by atoms with E-state index in [1.807, 2.05) is 0 Å². The molecular formula is C11H14O6. The van der Waals surface area contributed by atoms with Gasteiger partial charge in [0.15, 0.2) is 0 Å². The highest BCUT2D eigenvalue weighted by Crippen LogP contribution is 2.32. The maximum atomic E-state index is 11.5. The zero-order valence-corrected chi connectivity index (χ0v) is 9.29. The first-order valence-electron chi connectivity index (χ1n) is 5.31. The normalized spacial score (nSPS) is 28.5. The van der Waals surface area contributed by atoms with Crippen LogP contribution in [0, 0.1) is 6.92 Å². The Labute approximate surface area is 97.1 Å². The van der Waals surface area contributed by atoms with E-state index in [1.165, 1.54) is 6.07 Å². The van der Waals surface area contributed by atoms with Gasteiger partial charge in [0.25, 0.3) is 5.95 Å². The van der Waals surface area contributed by atoms with Crippen molar-refractivity contribution >= 4 is 0 Å². The monoisotopic (exact) mass is 242 g/mol. The summed E-state index contributed by atoms with van der Waals surface area (Å²) in [6.45, 7) is 1.29. The Kier molecular flexibility index (Phi) is 3.19. The second-order valence-electron chi connectivity index (χ2n) is 4.13. The van der Waals surface area contributed by atoms with E-state index >= 15 is 0 Å². The van der Waals surface area contributed by atoms with E-state index in [4.69, 9.17) is 9.84 Å². The van der Waals surface area contributed by atoms with Gasteiger partial charge < -0.3 is 24.5 Å². The minimum Gasteiger partial charge on any atom is -0.480 e. The predicted molar refractivity (Wildman–Crippen MR) is 56.7 cm³/mol. The van der Waals surface area contributed by atoms with E-state index in [9.17, 15) is 15.0 Å². The summed E-state index contributed by atoms with van der Waals surface area (Å²) in [5.41, 5.74) is -0.0238. The molecule has 2 rings (SSSR count). The van der Waals surface area contributed by atoms with Crippen LogP contribution >= 0.6 is 0 Å². The van der Waals surface area contributed by atoms with Gasteiger partial charge in [-0.15, -0.1) is 0 Å². The third-order valence-corrected chi connectivity index (χ3v) is 2.89. The Morgan fingerprint density at radius 3 is 2.82 bits per heavy atom. The molecule has 94 valence electrons. The Hall–Kier alpha value is -1.37. The lowest BCUT2D eigenvalue weighted by atomic mass is 10.1. The molecule has 0 unspecified atom stereocenters. The second kappa shape index (κ2) is 4.48. The number of aromatic hydroxyl groups is 1. The minimum absolute atomic E-state index is 0.222. The van der Waals surface area contributed by atoms with E-state index < -0.39 is 29.9 Å². The topological polar surface area (TPSA) is 100 Å². The molecule has 1 fully saturated rings. The molecule has 6 nitrogen and oxygen atoms in total. The molecule has 1 aliphatic rings. The van der Waals surface area contributed by atoms with Crippen molar-refractivity contribution in [1.29, 1.82) is 0 Å². The van der Waals surface area contributed by atoms with Gasteiger partial charge in [0.1, 0.15) is 6.10 Å². The molecule has 1 saturated heterocycles. The van der Waals surface area contributed by atoms with Crippen molar-refractivity contribution in [3.8, 4) is 5.95 Å². The summed E-state index contributed by atoms with van der Waals surface area (Å²) in [6, 6.07) is 1.47. The third-order valence-electron chi connectivity index (χ3n) is 2.89. The molecule has 1 aliphatic heterocycles. The maximum Gasteiger partial charge on any atom is 0.344 e. The molecule has 2 heterocycles. The number of aliphatic hydroxyl groups is 2. The van der Waals surface area contributed by atoms with Crippen molar-refractivity contribution in [2.24, 2.45) is 0 Å². The highest BCUT2D eigenvalue weighted by atomic mass is 16.5. The summed E-state index contributed by atoms with van der Waals surface area (Å²) in [6.07, 6.45) is -1.88. The molecule has 0 aromatic carbocycles. The van der Waals surface area contributed by atoms with Crippen LogP contribution in [0.15, 0.2) is 15.3 Å². The van der Waals surface area contributed by atoms with Crippen LogP contribution in [-0.2, 0) is 4.74 Å². The first-order valence-corrected chi connectivity index (χ1v) is 5.31. The quantitative estimate of drug-likeness (QED) is 0.666. The minimum atomic E-state index is -0.807. The molecular weight excluding hydrogens is 228 g/mol. The van der Waals surface area contributed by atoms with Gasteiger partial charge in [-0.2, -0.15) is 0 Å². The Bertz CT molecular complexity index is 466. The lowest BCUT2D eigenvalue weighted by Crippen LogP contribution is -2.24. The van der Waals surface area contributed by atoms with Crippen LogP contribution in [0.3, 0.4) is 0 Å². The predicted octanol–water partition coefficient (Wildman–Crippen LogP) is -0.163. The van der Waals surface area contributed by atoms with E-state index in [-0.39, 0.29) is 18.6 Å². The number of ether oxygens (including phenoxy) is 1. The van der Waals surface area contributed by atoms with Crippen LogP contribution in [0.4, 0.5) is 0 Å². The Balaban J connectivity index is 2.30. The highest BCUT2D eigenvalue weighted by Gasteiger charge is 2.36. The number of aryl methyl sites for hydroxylation is 1. The fraction of sp³-hybridized carbons (Fsp3) is 0.545. The van der Waals surface area contributed by atoms with Crippen molar-refractivity contribution in [2.45, 2.75) is 31.7 Å². The molecule has 0 radical (unpaired) electrons. The average molecular weight is 242 g/mol. The molecule has 1 aromatic heterocycles. The molecule has 1 aromatic rings. The van der Waals surface area contributed by atoms with Crippen molar-refractivity contribution in [3.63, 3.8) is 0 Å². The van der Waals surface area contributed by atoms with Crippen LogP contribution in [0.25, 0.3) is 0 Å². The molecule has 3 atom stereocenters. The smallest absolute Gasteiger partial charge is 0.344 e. The standard InChI is InChI=1S/C11H14O6/c1-5-2-6(11(15)17-10(5)14)8-3-7(13)9(4-12)16-8/h2,7-9,12-14H,3-4H2,1H3/t7-,8+,9+/m0/s1. The second-order valence-corrected chi connectivity index (χ2v) is 4.13. The summed E-state index contributed by atoms with van der Waals surface area (Å²) < 4.78 is 9.97. The number of hydrogen-bond donors (Lipinski definition) is 3. The summed E-state index contributed by atoms with van der Waals surface area (Å²) >= 11 is 0. The fourth-order valence-corrected chi connectivity index (χ4v) is 1.90. The molecule has 0 saturated carbocycles. The molecule has 0 amide bonds. The fourth-order valence-electron chi connectivity index (χ4n) is 1.90. The highest BCUT2D eigenvalue weighted by molar-refractivity contribution is 5.26. The van der Waals surface area contributed by atoms with Gasteiger partial charge in [0.2, 0.25) is 0 Å². The van der Waals surface area contributed by atoms with E-state index in [0.717, 1.165) is 0 Å². The van der Waals surface area contributed by atoms with Gasteiger partial charge >= 0.3 is 5.63 Å². The zero-order chi connectivity index (χ0) is 12.6. The van der Waals surface area contributed by atoms with Gasteiger partial charge in [0.05, 0.1) is 24.4 Å². The van der Waals surface area contributed by atoms with E-state index in [0.29, 0.717) is 5.56 Å². The van der Waals surface area contributed by atoms with Crippen LogP contribution in [0.2, 0.25) is 0 Å². The maximum absolute atomic E-state index is 11.5. The van der Waals surface area contributed by atoms with Crippen molar-refractivity contribution in [1.82, 2.24) is 0 Å². The summed E-state index contributed by atoms with van der Waals surface area (Å²) in [5, 5.41) is 27.7.